The third-order valence-corrected chi connectivity index (χ3v) is 2.07. The Hall–Kier alpha value is -1.98. The zero-order valence-electron chi connectivity index (χ0n) is 9.99. The summed E-state index contributed by atoms with van der Waals surface area (Å²) in [6.07, 6.45) is 2.80. The first-order valence-corrected chi connectivity index (χ1v) is 5.69. The van der Waals surface area contributed by atoms with Crippen LogP contribution in [-0.2, 0) is 0 Å². The van der Waals surface area contributed by atoms with Crippen molar-refractivity contribution in [1.29, 1.82) is 0 Å². The van der Waals surface area contributed by atoms with Crippen molar-refractivity contribution in [2.24, 2.45) is 5.73 Å². The van der Waals surface area contributed by atoms with Gasteiger partial charge in [-0.05, 0) is 12.5 Å². The number of primary amides is 1. The van der Waals surface area contributed by atoms with Crippen molar-refractivity contribution >= 4 is 17.5 Å². The molecule has 0 aromatic carbocycles. The largest absolute Gasteiger partial charge is 0.383 e. The van der Waals surface area contributed by atoms with E-state index in [1.165, 1.54) is 0 Å². The van der Waals surface area contributed by atoms with E-state index in [0.717, 1.165) is 24.5 Å². The highest BCUT2D eigenvalue weighted by atomic mass is 16.2. The van der Waals surface area contributed by atoms with Gasteiger partial charge < -0.3 is 21.7 Å². The average Bonchev–Trinajstić information content (AvgIpc) is 2.32. The molecule has 1 rings (SSSR count). The van der Waals surface area contributed by atoms with Gasteiger partial charge in [-0.3, -0.25) is 0 Å². The molecule has 1 heterocycles. The number of hydrogen-bond acceptors (Lipinski definition) is 4. The van der Waals surface area contributed by atoms with Crippen LogP contribution in [0, 0.1) is 0 Å². The molecule has 0 aliphatic rings. The molecule has 17 heavy (non-hydrogen) atoms. The summed E-state index contributed by atoms with van der Waals surface area (Å²) in [5.41, 5.74) is 5.92. The molecule has 5 N–H and O–H groups in total. The minimum absolute atomic E-state index is 0.495. The maximum Gasteiger partial charge on any atom is 0.312 e. The van der Waals surface area contributed by atoms with Crippen molar-refractivity contribution in [1.82, 2.24) is 10.3 Å². The van der Waals surface area contributed by atoms with E-state index < -0.39 is 6.03 Å². The van der Waals surface area contributed by atoms with Crippen molar-refractivity contribution in [3.8, 4) is 0 Å². The predicted molar refractivity (Wildman–Crippen MR) is 69.1 cm³/mol. The molecule has 0 unspecified atom stereocenters. The summed E-state index contributed by atoms with van der Waals surface area (Å²) in [4.78, 5) is 14.6. The fourth-order valence-electron chi connectivity index (χ4n) is 1.28. The molecule has 0 aliphatic carbocycles. The van der Waals surface area contributed by atoms with Gasteiger partial charge in [-0.1, -0.05) is 6.92 Å². The van der Waals surface area contributed by atoms with Gasteiger partial charge in [-0.15, -0.1) is 0 Å². The van der Waals surface area contributed by atoms with Gasteiger partial charge in [0.1, 0.15) is 5.82 Å². The van der Waals surface area contributed by atoms with Gasteiger partial charge in [0.2, 0.25) is 0 Å². The van der Waals surface area contributed by atoms with Crippen molar-refractivity contribution in [3.63, 3.8) is 0 Å². The number of rotatable bonds is 7. The zero-order chi connectivity index (χ0) is 12.5. The summed E-state index contributed by atoms with van der Waals surface area (Å²) in [7, 11) is 0. The molecule has 6 nitrogen and oxygen atoms in total. The van der Waals surface area contributed by atoms with Gasteiger partial charge >= 0.3 is 6.03 Å². The van der Waals surface area contributed by atoms with E-state index >= 15 is 0 Å². The Morgan fingerprint density at radius 2 is 2.18 bits per heavy atom. The highest BCUT2D eigenvalue weighted by Crippen LogP contribution is 2.11. The van der Waals surface area contributed by atoms with E-state index in [4.69, 9.17) is 5.73 Å². The topological polar surface area (TPSA) is 92.1 Å². The molecule has 0 saturated heterocycles. The first-order valence-electron chi connectivity index (χ1n) is 5.69. The van der Waals surface area contributed by atoms with Crippen LogP contribution in [0.4, 0.5) is 16.3 Å². The van der Waals surface area contributed by atoms with E-state index in [2.05, 4.69) is 27.9 Å². The molecule has 94 valence electrons. The van der Waals surface area contributed by atoms with Crippen molar-refractivity contribution < 1.29 is 4.79 Å². The van der Waals surface area contributed by atoms with Gasteiger partial charge in [0.25, 0.3) is 0 Å². The molecule has 0 radical (unpaired) electrons. The van der Waals surface area contributed by atoms with Crippen LogP contribution in [-0.4, -0.2) is 30.6 Å². The number of nitrogens with one attached hydrogen (secondary N) is 3. The van der Waals surface area contributed by atoms with Crippen LogP contribution in [0.3, 0.4) is 0 Å². The van der Waals surface area contributed by atoms with Gasteiger partial charge in [0, 0.05) is 37.6 Å². The summed E-state index contributed by atoms with van der Waals surface area (Å²) in [5.74, 6) is 0.847. The maximum atomic E-state index is 10.4. The molecule has 0 saturated carbocycles. The van der Waals surface area contributed by atoms with Gasteiger partial charge in [0.15, 0.2) is 0 Å². The molecule has 0 fully saturated rings. The molecule has 1 aromatic rings. The normalized spacial score (nSPS) is 9.71. The fraction of sp³-hybridized carbons (Fsp3) is 0.455. The van der Waals surface area contributed by atoms with E-state index in [0.29, 0.717) is 13.1 Å². The zero-order valence-corrected chi connectivity index (χ0v) is 9.99. The molecule has 0 spiro atoms. The van der Waals surface area contributed by atoms with E-state index in [1.807, 2.05) is 12.1 Å². The van der Waals surface area contributed by atoms with Crippen LogP contribution in [0.15, 0.2) is 18.3 Å². The maximum absolute atomic E-state index is 10.4. The Labute approximate surface area is 101 Å². The minimum atomic E-state index is -0.508. The summed E-state index contributed by atoms with van der Waals surface area (Å²) in [6, 6.07) is 3.30. The molecular formula is C11H19N5O. The number of anilines is 2. The second kappa shape index (κ2) is 7.32. The number of amides is 2. The van der Waals surface area contributed by atoms with Gasteiger partial charge in [0.05, 0.1) is 0 Å². The van der Waals surface area contributed by atoms with E-state index in [9.17, 15) is 4.79 Å². The minimum Gasteiger partial charge on any atom is -0.383 e. The van der Waals surface area contributed by atoms with E-state index in [-0.39, 0.29) is 0 Å². The first-order chi connectivity index (χ1) is 8.22. The number of aromatic nitrogens is 1. The molecule has 0 aliphatic heterocycles. The number of pyridine rings is 1. The highest BCUT2D eigenvalue weighted by Gasteiger charge is 1.96. The Balaban J connectivity index is 2.34. The summed E-state index contributed by atoms with van der Waals surface area (Å²) in [5, 5.41) is 8.88. The second-order valence-electron chi connectivity index (χ2n) is 3.57. The lowest BCUT2D eigenvalue weighted by molar-refractivity contribution is 0.249. The van der Waals surface area contributed by atoms with E-state index in [1.54, 1.807) is 6.20 Å². The predicted octanol–water partition coefficient (Wildman–Crippen LogP) is 0.984. The van der Waals surface area contributed by atoms with Crippen molar-refractivity contribution in [3.05, 3.63) is 18.3 Å². The number of nitrogens with two attached hydrogens (primary N) is 1. The fourth-order valence-corrected chi connectivity index (χ4v) is 1.28. The molecule has 0 atom stereocenters. The third kappa shape index (κ3) is 5.60. The second-order valence-corrected chi connectivity index (χ2v) is 3.57. The molecule has 0 bridgehead atoms. The van der Waals surface area contributed by atoms with Crippen LogP contribution in [0.25, 0.3) is 0 Å². The van der Waals surface area contributed by atoms with Crippen molar-refractivity contribution in [2.45, 2.75) is 13.3 Å². The Morgan fingerprint density at radius 3 is 2.88 bits per heavy atom. The van der Waals surface area contributed by atoms with Gasteiger partial charge in [-0.2, -0.15) is 0 Å². The average molecular weight is 237 g/mol. The lowest BCUT2D eigenvalue weighted by atomic mass is 10.3. The monoisotopic (exact) mass is 237 g/mol. The SMILES string of the molecule is CCCNc1cc(NCCNC(N)=O)ccn1. The Kier molecular flexibility index (Phi) is 5.63. The standard InChI is InChI=1S/C11H19N5O/c1-2-4-14-10-8-9(3-5-15-10)13-6-7-16-11(12)17/h3,5,8H,2,4,6-7H2,1H3,(H3,12,16,17)(H2,13,14,15). The summed E-state index contributed by atoms with van der Waals surface area (Å²) < 4.78 is 0. The number of hydrogen-bond donors (Lipinski definition) is 4. The Morgan fingerprint density at radius 1 is 1.35 bits per heavy atom. The van der Waals surface area contributed by atoms with Crippen molar-refractivity contribution in [2.75, 3.05) is 30.3 Å². The summed E-state index contributed by atoms with van der Waals surface area (Å²) in [6.45, 7) is 4.12. The number of carbonyl (C=O) groups is 1. The third-order valence-electron chi connectivity index (χ3n) is 2.07. The van der Waals surface area contributed by atoms with Crippen LogP contribution in [0.2, 0.25) is 0 Å². The number of nitrogens with zero attached hydrogens (tertiary/aromatic N) is 1. The molecule has 6 heteroatoms. The number of carbonyl (C=O) groups excluding carboxylic acids is 1. The number of urea groups is 1. The highest BCUT2D eigenvalue weighted by molar-refractivity contribution is 5.71. The molecule has 2 amide bonds. The van der Waals surface area contributed by atoms with Crippen LogP contribution in [0.5, 0.6) is 0 Å². The quantitative estimate of drug-likeness (QED) is 0.532. The molecule has 1 aromatic heterocycles. The smallest absolute Gasteiger partial charge is 0.312 e. The Bertz CT molecular complexity index is 355. The first kappa shape index (κ1) is 13.1. The van der Waals surface area contributed by atoms with Crippen LogP contribution >= 0.6 is 0 Å². The van der Waals surface area contributed by atoms with Gasteiger partial charge in [-0.25, -0.2) is 9.78 Å². The van der Waals surface area contributed by atoms with Crippen LogP contribution < -0.4 is 21.7 Å². The van der Waals surface area contributed by atoms with Crippen LogP contribution in [0.1, 0.15) is 13.3 Å². The lowest BCUT2D eigenvalue weighted by Crippen LogP contribution is -2.33. The lowest BCUT2D eigenvalue weighted by Gasteiger charge is -2.09. The summed E-state index contributed by atoms with van der Waals surface area (Å²) >= 11 is 0. The molecular weight excluding hydrogens is 218 g/mol.